The van der Waals surface area contributed by atoms with E-state index >= 15 is 0 Å². The van der Waals surface area contributed by atoms with Crippen molar-refractivity contribution in [3.8, 4) is 0 Å². The summed E-state index contributed by atoms with van der Waals surface area (Å²) in [7, 11) is -1.79. The van der Waals surface area contributed by atoms with Crippen molar-refractivity contribution < 1.29 is 27.2 Å². The minimum atomic E-state index is -1.79. The van der Waals surface area contributed by atoms with E-state index in [1.54, 1.807) is 0 Å². The van der Waals surface area contributed by atoms with Crippen molar-refractivity contribution in [2.45, 2.75) is 63.9 Å². The van der Waals surface area contributed by atoms with Gasteiger partial charge in [0.25, 0.3) is 0 Å². The highest BCUT2D eigenvalue weighted by molar-refractivity contribution is 9.09. The van der Waals surface area contributed by atoms with Crippen LogP contribution in [0.1, 0.15) is 43.6 Å². The minimum Gasteiger partial charge on any atom is -0.376 e. The molecule has 0 N–H and O–H groups in total. The highest BCUT2D eigenvalue weighted by Crippen LogP contribution is 2.46. The zero-order chi connectivity index (χ0) is 20.5. The Kier molecular flexibility index (Phi) is 8.18. The average molecular weight is 443 g/mol. The molecule has 144 valence electrons. The molecule has 0 saturated carbocycles. The molecule has 0 amide bonds. The number of alkyl halides is 1. The van der Waals surface area contributed by atoms with Gasteiger partial charge in [-0.3, -0.25) is 0 Å². The molecule has 0 bridgehead atoms. The third-order valence-corrected chi connectivity index (χ3v) is 5.97. The number of nitrogens with zero attached hydrogens (tertiary/aromatic N) is 1. The third kappa shape index (κ3) is 7.03. The Morgan fingerprint density at radius 2 is 2.32 bits per heavy atom. The van der Waals surface area contributed by atoms with Crippen LogP contribution in [0.4, 0.5) is 0 Å². The lowest BCUT2D eigenvalue weighted by atomic mass is 9.97. The van der Waals surface area contributed by atoms with Gasteiger partial charge in [0, 0.05) is 19.9 Å². The molecule has 1 unspecified atom stereocenters. The molecule has 2 heterocycles. The van der Waals surface area contributed by atoms with Gasteiger partial charge < -0.3 is 27.9 Å². The Hall–Kier alpha value is 0.200. The molecule has 8 heteroatoms. The molecule has 8 atom stereocenters. The van der Waals surface area contributed by atoms with Gasteiger partial charge in [0.1, 0.15) is 6.61 Å². The molecule has 2 aliphatic rings. The molecule has 2 rings (SSSR count). The number of rotatable bonds is 11. The standard InChI is InChI=1S/C17H29BrNO5P/c1-13-6-10-21-17(13)16(5-4-8-18)24-25(22-12-9-19-3)23-15-7-11-20-14(15)2/h13-17H,4-12H2,1-2H3/t13-,14+,15-,16+,17-,25?/m0/s1/i2D,10T,11T/t10-,11-,13+,14-,15+,16-,17+,25?/m1. The summed E-state index contributed by atoms with van der Waals surface area (Å²) in [6.45, 7) is 8.11. The second-order valence-electron chi connectivity index (χ2n) is 6.11. The zero-order valence-corrected chi connectivity index (χ0v) is 17.0. The van der Waals surface area contributed by atoms with Crippen LogP contribution in [0.5, 0.6) is 0 Å². The minimum absolute atomic E-state index is 0.00157. The van der Waals surface area contributed by atoms with Gasteiger partial charge in [-0.1, -0.05) is 22.9 Å². The summed E-state index contributed by atoms with van der Waals surface area (Å²) in [6.07, 6.45) is 1.19. The molecular weight excluding hydrogens is 409 g/mol. The van der Waals surface area contributed by atoms with Crippen LogP contribution in [0.15, 0.2) is 0 Å². The Balaban J connectivity index is 2.05. The number of hydrogen-bond acceptors (Lipinski definition) is 5. The second-order valence-corrected chi connectivity index (χ2v) is 8.03. The number of ether oxygens (including phenoxy) is 2. The van der Waals surface area contributed by atoms with Gasteiger partial charge in [0.05, 0.1) is 27.2 Å². The average Bonchev–Trinajstić information content (AvgIpc) is 3.19. The highest BCUT2D eigenvalue weighted by atomic mass is 79.9. The van der Waals surface area contributed by atoms with Crippen LogP contribution in [0.25, 0.3) is 4.85 Å². The number of hydrogen-bond donors (Lipinski definition) is 0. The summed E-state index contributed by atoms with van der Waals surface area (Å²) in [6, 6.07) is 0. The van der Waals surface area contributed by atoms with E-state index in [0.29, 0.717) is 12.8 Å². The first kappa shape index (κ1) is 17.3. The van der Waals surface area contributed by atoms with E-state index in [2.05, 4.69) is 27.7 Å². The van der Waals surface area contributed by atoms with Crippen LogP contribution in [0.3, 0.4) is 0 Å². The maximum atomic E-state index is 7.90. The van der Waals surface area contributed by atoms with Crippen LogP contribution >= 0.6 is 24.5 Å². The summed E-state index contributed by atoms with van der Waals surface area (Å²) in [5.74, 6) is 0.191. The first-order valence-electron chi connectivity index (χ1n) is 10.4. The van der Waals surface area contributed by atoms with Gasteiger partial charge in [-0.2, -0.15) is 0 Å². The molecule has 0 radical (unpaired) electrons. The summed E-state index contributed by atoms with van der Waals surface area (Å²) in [4.78, 5) is 3.29. The van der Waals surface area contributed by atoms with Crippen molar-refractivity contribution in [2.75, 3.05) is 31.6 Å². The van der Waals surface area contributed by atoms with E-state index in [1.807, 2.05) is 0 Å². The molecule has 0 aromatic heterocycles. The Bertz CT molecular complexity index is 506. The van der Waals surface area contributed by atoms with Gasteiger partial charge in [0.2, 0.25) is 6.54 Å². The summed E-state index contributed by atoms with van der Waals surface area (Å²) < 4.78 is 52.4. The Morgan fingerprint density at radius 1 is 1.48 bits per heavy atom. The lowest BCUT2D eigenvalue weighted by Gasteiger charge is -2.30. The van der Waals surface area contributed by atoms with Gasteiger partial charge in [-0.15, -0.1) is 0 Å². The summed E-state index contributed by atoms with van der Waals surface area (Å²) in [5, 5.41) is 0.827. The van der Waals surface area contributed by atoms with E-state index < -0.39 is 34.0 Å². The SMILES string of the molecule is [2H]C[C@H]1O[C@H]([3H])C[C@@H]1OP(OCC[N+]#[C-])O[C@H](CCCBr)[C@H]1O[C@H]([3H])C[C@@H]1C. The molecule has 25 heavy (non-hydrogen) atoms. The first-order valence-corrected chi connectivity index (χ1v) is 10.8. The van der Waals surface area contributed by atoms with E-state index in [4.69, 9.17) is 33.7 Å². The molecular formula is C17H29BrNO5P. The molecule has 2 fully saturated rings. The summed E-state index contributed by atoms with van der Waals surface area (Å²) in [5.41, 5.74) is 0. The fourth-order valence-electron chi connectivity index (χ4n) is 2.69. The molecule has 2 saturated heterocycles. The van der Waals surface area contributed by atoms with Crippen LogP contribution in [-0.4, -0.2) is 56.1 Å². The van der Waals surface area contributed by atoms with E-state index in [0.717, 1.165) is 18.2 Å². The van der Waals surface area contributed by atoms with E-state index in [-0.39, 0.29) is 38.2 Å². The van der Waals surface area contributed by atoms with Crippen LogP contribution < -0.4 is 0 Å². The smallest absolute Gasteiger partial charge is 0.333 e. The van der Waals surface area contributed by atoms with Crippen molar-refractivity contribution in [1.29, 1.82) is 0 Å². The van der Waals surface area contributed by atoms with E-state index in [9.17, 15) is 0 Å². The van der Waals surface area contributed by atoms with Crippen molar-refractivity contribution in [3.63, 3.8) is 0 Å². The quantitative estimate of drug-likeness (QED) is 0.206. The Morgan fingerprint density at radius 3 is 3.00 bits per heavy atom. The van der Waals surface area contributed by atoms with Crippen LogP contribution in [-0.2, 0) is 23.0 Å². The molecule has 0 aliphatic carbocycles. The van der Waals surface area contributed by atoms with Gasteiger partial charge in [-0.25, -0.2) is 6.57 Å². The predicted octanol–water partition coefficient (Wildman–Crippen LogP) is 4.33. The van der Waals surface area contributed by atoms with Crippen LogP contribution in [0, 0.1) is 12.5 Å². The Labute approximate surface area is 165 Å². The zero-order valence-electron chi connectivity index (χ0n) is 17.5. The summed E-state index contributed by atoms with van der Waals surface area (Å²) >= 11 is 3.44. The van der Waals surface area contributed by atoms with Crippen molar-refractivity contribution in [3.05, 3.63) is 11.4 Å². The monoisotopic (exact) mass is 442 g/mol. The normalized spacial score (nSPS) is 39.3. The fraction of sp³-hybridized carbons (Fsp3) is 0.941. The first-order chi connectivity index (χ1) is 13.5. The van der Waals surface area contributed by atoms with Gasteiger partial charge in [0.15, 0.2) is 0 Å². The topological polar surface area (TPSA) is 50.5 Å². The van der Waals surface area contributed by atoms with Crippen molar-refractivity contribution in [2.24, 2.45) is 5.92 Å². The largest absolute Gasteiger partial charge is 0.376 e. The highest BCUT2D eigenvalue weighted by Gasteiger charge is 2.37. The molecule has 6 nitrogen and oxygen atoms in total. The maximum absolute atomic E-state index is 7.90. The van der Waals surface area contributed by atoms with E-state index in [1.165, 1.54) is 0 Å². The third-order valence-electron chi connectivity index (χ3n) is 4.13. The number of halogens is 1. The molecule has 0 spiro atoms. The van der Waals surface area contributed by atoms with Crippen LogP contribution in [0.2, 0.25) is 0 Å². The fourth-order valence-corrected chi connectivity index (χ4v) is 4.30. The van der Waals surface area contributed by atoms with Gasteiger partial charge >= 0.3 is 8.60 Å². The molecule has 0 aromatic rings. The molecule has 2 aliphatic heterocycles. The maximum Gasteiger partial charge on any atom is 0.333 e. The van der Waals surface area contributed by atoms with Crippen molar-refractivity contribution >= 4 is 24.5 Å². The lowest BCUT2D eigenvalue weighted by Crippen LogP contribution is -2.32. The molecule has 0 aromatic carbocycles. The second kappa shape index (κ2) is 11.8. The van der Waals surface area contributed by atoms with Crippen molar-refractivity contribution in [1.82, 2.24) is 0 Å². The van der Waals surface area contributed by atoms with Gasteiger partial charge in [-0.05, 0) is 38.5 Å². The predicted molar refractivity (Wildman–Crippen MR) is 101 cm³/mol. The lowest BCUT2D eigenvalue weighted by molar-refractivity contribution is -0.0256.